The molecule has 4 aromatic carbocycles. The Kier molecular flexibility index (Phi) is 9.76. The fraction of sp³-hybridized carbons (Fsp3) is 0.107. The van der Waals surface area contributed by atoms with Gasteiger partial charge in [0.25, 0.3) is 25.7 Å². The Labute approximate surface area is 261 Å². The number of para-hydroxylation sites is 1. The molecule has 0 heterocycles. The summed E-state index contributed by atoms with van der Waals surface area (Å²) in [5.74, 6) is -0.469. The van der Waals surface area contributed by atoms with E-state index in [2.05, 4.69) is 26.0 Å². The molecule has 4 rings (SSSR count). The largest absolute Gasteiger partial charge is 0.497 e. The minimum absolute atomic E-state index is 0.0205. The van der Waals surface area contributed by atoms with Crippen LogP contribution in [-0.2, 0) is 24.8 Å². The van der Waals surface area contributed by atoms with Crippen molar-refractivity contribution in [3.63, 3.8) is 0 Å². The van der Waals surface area contributed by atoms with Crippen LogP contribution in [0.4, 0.5) is 22.7 Å². The average molecular weight is 706 g/mol. The van der Waals surface area contributed by atoms with Crippen molar-refractivity contribution >= 4 is 64.6 Å². The number of halogens is 1. The van der Waals surface area contributed by atoms with Gasteiger partial charge in [-0.3, -0.25) is 23.9 Å². The highest BCUT2D eigenvalue weighted by atomic mass is 79.9. The highest BCUT2D eigenvalue weighted by molar-refractivity contribution is 9.10. The third-order valence-corrected chi connectivity index (χ3v) is 9.85. The molecule has 2 N–H and O–H groups in total. The van der Waals surface area contributed by atoms with Crippen LogP contribution in [0, 0.1) is 10.1 Å². The number of rotatable bonds is 12. The highest BCUT2D eigenvalue weighted by Gasteiger charge is 2.34. The number of nitro benzene ring substituents is 1. The minimum Gasteiger partial charge on any atom is -0.497 e. The molecule has 44 heavy (non-hydrogen) atoms. The third-order valence-electron chi connectivity index (χ3n) is 6.12. The molecule has 0 fully saturated rings. The van der Waals surface area contributed by atoms with E-state index in [1.807, 2.05) is 0 Å². The van der Waals surface area contributed by atoms with Gasteiger partial charge in [0.2, 0.25) is 5.91 Å². The fourth-order valence-electron chi connectivity index (χ4n) is 4.02. The molecule has 0 aliphatic rings. The summed E-state index contributed by atoms with van der Waals surface area (Å²) >= 11 is 3.28. The Morgan fingerprint density at radius 2 is 1.52 bits per heavy atom. The molecule has 1 amide bonds. The van der Waals surface area contributed by atoms with Crippen LogP contribution in [0.25, 0.3) is 0 Å². The summed E-state index contributed by atoms with van der Waals surface area (Å²) in [6, 6.07) is 20.7. The number of benzene rings is 4. The molecule has 0 aromatic heterocycles. The van der Waals surface area contributed by atoms with Gasteiger partial charge < -0.3 is 14.8 Å². The topological polar surface area (TPSA) is 174 Å². The normalized spacial score (nSPS) is 11.3. The summed E-state index contributed by atoms with van der Waals surface area (Å²) in [5, 5.41) is 14.2. The second-order valence-corrected chi connectivity index (χ2v) is 13.4. The van der Waals surface area contributed by atoms with Crippen molar-refractivity contribution in [3.05, 3.63) is 106 Å². The first-order valence-corrected chi connectivity index (χ1v) is 16.2. The van der Waals surface area contributed by atoms with Gasteiger partial charge >= 0.3 is 0 Å². The predicted octanol–water partition coefficient (Wildman–Crippen LogP) is 5.01. The van der Waals surface area contributed by atoms with Crippen LogP contribution < -0.4 is 23.8 Å². The first kappa shape index (κ1) is 32.2. The second-order valence-electron chi connectivity index (χ2n) is 8.96. The standard InChI is InChI=1S/C28H25BrN4O9S2/c1-41-22-13-16-24(26(17-22)42-2)32(44(39,40)27-6-4-3-5-25(27)33(35)36)18-28(34)30-20-11-14-23(15-12-20)43(37,38)31-21-9-7-19(29)8-10-21/h3-17,31H,18H2,1-2H3,(H,30,34). The van der Waals surface area contributed by atoms with Crippen molar-refractivity contribution in [1.82, 2.24) is 0 Å². The Bertz CT molecular complexity index is 1900. The molecule has 0 atom stereocenters. The van der Waals surface area contributed by atoms with Gasteiger partial charge in [0, 0.05) is 28.0 Å². The number of ether oxygens (including phenoxy) is 2. The Balaban J connectivity index is 1.63. The van der Waals surface area contributed by atoms with Crippen molar-refractivity contribution in [2.24, 2.45) is 0 Å². The number of carbonyl (C=O) groups is 1. The van der Waals surface area contributed by atoms with Crippen LogP contribution in [-0.4, -0.2) is 48.4 Å². The molecule has 0 radical (unpaired) electrons. The van der Waals surface area contributed by atoms with Crippen LogP contribution in [0.2, 0.25) is 0 Å². The predicted molar refractivity (Wildman–Crippen MR) is 167 cm³/mol. The van der Waals surface area contributed by atoms with Crippen molar-refractivity contribution < 1.29 is 36.0 Å². The van der Waals surface area contributed by atoms with E-state index in [1.54, 1.807) is 24.3 Å². The van der Waals surface area contributed by atoms with E-state index >= 15 is 0 Å². The van der Waals surface area contributed by atoms with E-state index in [9.17, 15) is 31.7 Å². The zero-order chi connectivity index (χ0) is 32.1. The van der Waals surface area contributed by atoms with Gasteiger partial charge in [0.05, 0.1) is 29.7 Å². The van der Waals surface area contributed by atoms with Crippen LogP contribution in [0.1, 0.15) is 0 Å². The molecular formula is C28H25BrN4O9S2. The van der Waals surface area contributed by atoms with Crippen molar-refractivity contribution in [2.45, 2.75) is 9.79 Å². The molecule has 13 nitrogen and oxygen atoms in total. The maximum absolute atomic E-state index is 13.9. The Hall–Kier alpha value is -4.67. The number of nitrogens with one attached hydrogen (secondary N) is 2. The Morgan fingerprint density at radius 3 is 2.14 bits per heavy atom. The molecule has 4 aromatic rings. The minimum atomic E-state index is -4.71. The maximum Gasteiger partial charge on any atom is 0.289 e. The van der Waals surface area contributed by atoms with E-state index in [1.165, 1.54) is 68.8 Å². The van der Waals surface area contributed by atoms with Gasteiger partial charge in [0.15, 0.2) is 4.90 Å². The van der Waals surface area contributed by atoms with E-state index < -0.39 is 48.0 Å². The SMILES string of the molecule is COc1ccc(N(CC(=O)Nc2ccc(S(=O)(=O)Nc3ccc(Br)cc3)cc2)S(=O)(=O)c2ccccc2[N+](=O)[O-])c(OC)c1. The highest BCUT2D eigenvalue weighted by Crippen LogP contribution is 2.37. The van der Waals surface area contributed by atoms with Gasteiger partial charge in [-0.15, -0.1) is 0 Å². The molecular weight excluding hydrogens is 680 g/mol. The molecule has 0 bridgehead atoms. The smallest absolute Gasteiger partial charge is 0.289 e. The zero-order valence-corrected chi connectivity index (χ0v) is 26.3. The van der Waals surface area contributed by atoms with Crippen molar-refractivity contribution in [1.29, 1.82) is 0 Å². The van der Waals surface area contributed by atoms with E-state index in [0.717, 1.165) is 16.6 Å². The number of hydrogen-bond acceptors (Lipinski definition) is 9. The number of amides is 1. The lowest BCUT2D eigenvalue weighted by atomic mass is 10.2. The van der Waals surface area contributed by atoms with Crippen LogP contribution in [0.3, 0.4) is 0 Å². The molecule has 0 unspecified atom stereocenters. The summed E-state index contributed by atoms with van der Waals surface area (Å²) in [6.07, 6.45) is 0. The molecule has 0 aliphatic heterocycles. The van der Waals surface area contributed by atoms with Crippen LogP contribution >= 0.6 is 15.9 Å². The molecule has 0 saturated heterocycles. The fourth-order valence-corrected chi connectivity index (χ4v) is 6.93. The number of hydrogen-bond donors (Lipinski definition) is 2. The third kappa shape index (κ3) is 7.27. The summed E-state index contributed by atoms with van der Waals surface area (Å²) in [4.78, 5) is 23.3. The summed E-state index contributed by atoms with van der Waals surface area (Å²) in [6.45, 7) is -0.817. The second kappa shape index (κ2) is 13.3. The van der Waals surface area contributed by atoms with Crippen molar-refractivity contribution in [2.75, 3.05) is 35.1 Å². The summed E-state index contributed by atoms with van der Waals surface area (Å²) in [5.41, 5.74) is -0.247. The number of nitro groups is 1. The van der Waals surface area contributed by atoms with Gasteiger partial charge in [-0.25, -0.2) is 16.8 Å². The van der Waals surface area contributed by atoms with Crippen LogP contribution in [0.15, 0.2) is 105 Å². The van der Waals surface area contributed by atoms with Crippen LogP contribution in [0.5, 0.6) is 11.5 Å². The van der Waals surface area contributed by atoms with E-state index in [-0.39, 0.29) is 22.0 Å². The molecule has 0 spiro atoms. The van der Waals surface area contributed by atoms with Gasteiger partial charge in [-0.2, -0.15) is 0 Å². The van der Waals surface area contributed by atoms with Crippen molar-refractivity contribution in [3.8, 4) is 11.5 Å². The number of methoxy groups -OCH3 is 2. The molecule has 16 heteroatoms. The first-order valence-electron chi connectivity index (χ1n) is 12.5. The van der Waals surface area contributed by atoms with E-state index in [4.69, 9.17) is 9.47 Å². The number of sulfonamides is 2. The quantitative estimate of drug-likeness (QED) is 0.152. The number of anilines is 3. The van der Waals surface area contributed by atoms with Gasteiger partial charge in [-0.05, 0) is 66.7 Å². The molecule has 0 saturated carbocycles. The monoisotopic (exact) mass is 704 g/mol. The molecule has 0 aliphatic carbocycles. The number of carbonyl (C=O) groups excluding carboxylic acids is 1. The maximum atomic E-state index is 13.9. The average Bonchev–Trinajstić information content (AvgIpc) is 3.00. The summed E-state index contributed by atoms with van der Waals surface area (Å²) in [7, 11) is -5.97. The summed E-state index contributed by atoms with van der Waals surface area (Å²) < 4.78 is 67.8. The molecule has 230 valence electrons. The zero-order valence-electron chi connectivity index (χ0n) is 23.1. The van der Waals surface area contributed by atoms with Gasteiger partial charge in [-0.1, -0.05) is 28.1 Å². The lowest BCUT2D eigenvalue weighted by molar-refractivity contribution is -0.387. The lowest BCUT2D eigenvalue weighted by Gasteiger charge is -2.25. The van der Waals surface area contributed by atoms with E-state index in [0.29, 0.717) is 15.7 Å². The Morgan fingerprint density at radius 1 is 0.886 bits per heavy atom. The van der Waals surface area contributed by atoms with Gasteiger partial charge in [0.1, 0.15) is 18.0 Å². The first-order chi connectivity index (χ1) is 20.8. The number of nitrogens with zero attached hydrogens (tertiary/aromatic N) is 2. The lowest BCUT2D eigenvalue weighted by Crippen LogP contribution is -2.38.